The molecule has 0 unspecified atom stereocenters. The second-order valence-electron chi connectivity index (χ2n) is 3.12. The zero-order valence-electron chi connectivity index (χ0n) is 9.08. The van der Waals surface area contributed by atoms with E-state index in [4.69, 9.17) is 5.41 Å². The maximum atomic E-state index is 11.4. The van der Waals surface area contributed by atoms with Crippen molar-refractivity contribution in [3.63, 3.8) is 0 Å². The predicted molar refractivity (Wildman–Crippen MR) is 62.4 cm³/mol. The van der Waals surface area contributed by atoms with Gasteiger partial charge < -0.3 is 10.6 Å². The van der Waals surface area contributed by atoms with E-state index in [-0.39, 0.29) is 5.96 Å². The number of aromatic nitrogens is 1. The Kier molecular flexibility index (Phi) is 4.78. The van der Waals surface area contributed by atoms with Crippen LogP contribution >= 0.6 is 0 Å². The molecule has 0 aliphatic carbocycles. The van der Waals surface area contributed by atoms with Gasteiger partial charge in [0.25, 0.3) is 0 Å². The lowest BCUT2D eigenvalue weighted by atomic mass is 10.4. The maximum Gasteiger partial charge on any atom is 0.326 e. The third-order valence-electron chi connectivity index (χ3n) is 1.71. The van der Waals surface area contributed by atoms with E-state index in [9.17, 15) is 4.79 Å². The topological polar surface area (TPSA) is 89.9 Å². The number of nitrogens with one attached hydrogen (secondary N) is 4. The van der Waals surface area contributed by atoms with Crippen molar-refractivity contribution in [2.45, 2.75) is 13.3 Å². The minimum atomic E-state index is -0.457. The van der Waals surface area contributed by atoms with Crippen LogP contribution in [0.3, 0.4) is 0 Å². The van der Waals surface area contributed by atoms with E-state index in [0.29, 0.717) is 12.2 Å². The Morgan fingerprint density at radius 1 is 1.56 bits per heavy atom. The maximum absolute atomic E-state index is 11.4. The Labute approximate surface area is 94.0 Å². The average Bonchev–Trinajstić information content (AvgIpc) is 2.27. The van der Waals surface area contributed by atoms with Crippen molar-refractivity contribution in [2.75, 3.05) is 11.9 Å². The van der Waals surface area contributed by atoms with Gasteiger partial charge in [0.15, 0.2) is 5.96 Å². The van der Waals surface area contributed by atoms with Crippen molar-refractivity contribution >= 4 is 17.7 Å². The second-order valence-corrected chi connectivity index (χ2v) is 3.12. The highest BCUT2D eigenvalue weighted by molar-refractivity contribution is 6.01. The van der Waals surface area contributed by atoms with E-state index in [2.05, 4.69) is 20.9 Å². The van der Waals surface area contributed by atoms with E-state index in [1.165, 1.54) is 6.20 Å². The summed E-state index contributed by atoms with van der Waals surface area (Å²) in [5, 5.41) is 15.0. The number of pyridine rings is 1. The summed E-state index contributed by atoms with van der Waals surface area (Å²) in [6, 6.07) is 2.98. The number of hydrogen-bond donors (Lipinski definition) is 4. The van der Waals surface area contributed by atoms with Crippen molar-refractivity contribution in [3.05, 3.63) is 24.5 Å². The summed E-state index contributed by atoms with van der Waals surface area (Å²) in [7, 11) is 0. The lowest BCUT2D eigenvalue weighted by Crippen LogP contribution is -2.42. The molecule has 1 rings (SSSR count). The molecule has 6 nitrogen and oxygen atoms in total. The van der Waals surface area contributed by atoms with Crippen LogP contribution in [0.25, 0.3) is 0 Å². The quantitative estimate of drug-likeness (QED) is 0.455. The molecule has 0 radical (unpaired) electrons. The molecule has 0 spiro atoms. The van der Waals surface area contributed by atoms with Crippen molar-refractivity contribution in [1.29, 1.82) is 5.41 Å². The third-order valence-corrected chi connectivity index (χ3v) is 1.71. The first-order chi connectivity index (χ1) is 7.72. The first kappa shape index (κ1) is 12.0. The van der Waals surface area contributed by atoms with Gasteiger partial charge in [-0.15, -0.1) is 0 Å². The molecule has 0 atom stereocenters. The van der Waals surface area contributed by atoms with Gasteiger partial charge in [-0.1, -0.05) is 6.92 Å². The van der Waals surface area contributed by atoms with Crippen molar-refractivity contribution in [2.24, 2.45) is 0 Å². The van der Waals surface area contributed by atoms with Crippen LogP contribution in [0.15, 0.2) is 24.5 Å². The number of hydrogen-bond acceptors (Lipinski definition) is 3. The second kappa shape index (κ2) is 6.39. The Morgan fingerprint density at radius 3 is 3.00 bits per heavy atom. The molecular formula is C10H15N5O. The van der Waals surface area contributed by atoms with E-state index in [1.54, 1.807) is 18.3 Å². The molecule has 6 heteroatoms. The highest BCUT2D eigenvalue weighted by Crippen LogP contribution is 2.01. The van der Waals surface area contributed by atoms with E-state index in [1.807, 2.05) is 6.92 Å². The van der Waals surface area contributed by atoms with E-state index >= 15 is 0 Å². The molecule has 2 amide bonds. The Bertz CT molecular complexity index is 351. The van der Waals surface area contributed by atoms with Crippen molar-refractivity contribution in [1.82, 2.24) is 15.6 Å². The molecule has 1 heterocycles. The average molecular weight is 221 g/mol. The normalized spacial score (nSPS) is 9.31. The SMILES string of the molecule is CCCNC(=N)NC(=O)Nc1cccnc1. The van der Waals surface area contributed by atoms with Crippen LogP contribution in [-0.2, 0) is 0 Å². The molecule has 1 aromatic rings. The Hall–Kier alpha value is -2.11. The van der Waals surface area contributed by atoms with Crippen molar-refractivity contribution < 1.29 is 4.79 Å². The minimum Gasteiger partial charge on any atom is -0.356 e. The molecule has 0 saturated carbocycles. The summed E-state index contributed by atoms with van der Waals surface area (Å²) >= 11 is 0. The van der Waals surface area contributed by atoms with Gasteiger partial charge in [0.2, 0.25) is 0 Å². The summed E-state index contributed by atoms with van der Waals surface area (Å²) in [5.41, 5.74) is 0.586. The number of urea groups is 1. The summed E-state index contributed by atoms with van der Waals surface area (Å²) in [5.74, 6) is -0.0109. The number of carbonyl (C=O) groups is 1. The van der Waals surface area contributed by atoms with Gasteiger partial charge in [-0.25, -0.2) is 4.79 Å². The largest absolute Gasteiger partial charge is 0.356 e. The third kappa shape index (κ3) is 4.41. The number of carbonyl (C=O) groups excluding carboxylic acids is 1. The first-order valence-corrected chi connectivity index (χ1v) is 5.03. The molecule has 0 aliphatic heterocycles. The van der Waals surface area contributed by atoms with Gasteiger partial charge in [-0.3, -0.25) is 15.7 Å². The molecule has 4 N–H and O–H groups in total. The summed E-state index contributed by atoms with van der Waals surface area (Å²) in [4.78, 5) is 15.2. The number of anilines is 1. The fourth-order valence-electron chi connectivity index (χ4n) is 1.01. The molecular weight excluding hydrogens is 206 g/mol. The van der Waals surface area contributed by atoms with Crippen LogP contribution in [0, 0.1) is 5.41 Å². The first-order valence-electron chi connectivity index (χ1n) is 5.03. The molecule has 86 valence electrons. The predicted octanol–water partition coefficient (Wildman–Crippen LogP) is 1.14. The number of amides is 2. The fourth-order valence-corrected chi connectivity index (χ4v) is 1.01. The molecule has 0 bridgehead atoms. The lowest BCUT2D eigenvalue weighted by molar-refractivity contribution is 0.256. The van der Waals surface area contributed by atoms with Gasteiger partial charge in [-0.05, 0) is 18.6 Å². The Morgan fingerprint density at radius 2 is 2.38 bits per heavy atom. The summed E-state index contributed by atoms with van der Waals surface area (Å²) < 4.78 is 0. The molecule has 0 fully saturated rings. The molecule has 0 aromatic carbocycles. The summed E-state index contributed by atoms with van der Waals surface area (Å²) in [6.45, 7) is 2.64. The zero-order chi connectivity index (χ0) is 11.8. The van der Waals surface area contributed by atoms with E-state index in [0.717, 1.165) is 6.42 Å². The van der Waals surface area contributed by atoms with Gasteiger partial charge in [0.05, 0.1) is 11.9 Å². The zero-order valence-corrected chi connectivity index (χ0v) is 9.08. The molecule has 0 saturated heterocycles. The van der Waals surface area contributed by atoms with Gasteiger partial charge in [-0.2, -0.15) is 0 Å². The fraction of sp³-hybridized carbons (Fsp3) is 0.300. The monoisotopic (exact) mass is 221 g/mol. The summed E-state index contributed by atoms with van der Waals surface area (Å²) in [6.07, 6.45) is 4.05. The van der Waals surface area contributed by atoms with Gasteiger partial charge >= 0.3 is 6.03 Å². The van der Waals surface area contributed by atoms with Crippen molar-refractivity contribution in [3.8, 4) is 0 Å². The minimum absolute atomic E-state index is 0.0109. The van der Waals surface area contributed by atoms with Crippen LogP contribution in [-0.4, -0.2) is 23.5 Å². The van der Waals surface area contributed by atoms with E-state index < -0.39 is 6.03 Å². The van der Waals surface area contributed by atoms with Gasteiger partial charge in [0, 0.05) is 12.7 Å². The van der Waals surface area contributed by atoms with Crippen LogP contribution in [0.5, 0.6) is 0 Å². The molecule has 0 aliphatic rings. The van der Waals surface area contributed by atoms with Crippen LogP contribution < -0.4 is 16.0 Å². The highest BCUT2D eigenvalue weighted by Gasteiger charge is 2.03. The number of guanidine groups is 1. The molecule has 16 heavy (non-hydrogen) atoms. The van der Waals surface area contributed by atoms with Gasteiger partial charge in [0.1, 0.15) is 0 Å². The van der Waals surface area contributed by atoms with Crippen LogP contribution in [0.2, 0.25) is 0 Å². The highest BCUT2D eigenvalue weighted by atomic mass is 16.2. The molecule has 1 aromatic heterocycles. The standard InChI is InChI=1S/C10H15N5O/c1-2-5-13-9(11)15-10(16)14-8-4-3-6-12-7-8/h3-4,6-7H,2,5H2,1H3,(H4,11,13,14,15,16). The number of nitrogens with zero attached hydrogens (tertiary/aromatic N) is 1. The smallest absolute Gasteiger partial charge is 0.326 e. The van der Waals surface area contributed by atoms with Crippen LogP contribution in [0.4, 0.5) is 10.5 Å². The number of rotatable bonds is 3. The Balaban J connectivity index is 2.34. The van der Waals surface area contributed by atoms with Crippen LogP contribution in [0.1, 0.15) is 13.3 Å². The lowest BCUT2D eigenvalue weighted by Gasteiger charge is -2.09.